The summed E-state index contributed by atoms with van der Waals surface area (Å²) in [6, 6.07) is 9.98. The Hall–Kier alpha value is -7.85. The first-order valence-corrected chi connectivity index (χ1v) is 33.0. The summed E-state index contributed by atoms with van der Waals surface area (Å²) in [5.74, 6) is -2.38. The van der Waals surface area contributed by atoms with E-state index in [-0.39, 0.29) is 56.6 Å². The third-order valence-corrected chi connectivity index (χ3v) is 19.6. The standard InChI is InChI=1S/C44H45N9O26S7/c1-20-11-27(35(76-7)18-37(20)80(55,56)22(3)78-85(68,69)70)46-48-29-16-39(82(59,60)61)31(14-33(29)74-5)50-52-42-25-13-41(84(65,66)67)43(44(54)24(25)9-10-26(42)45)53-51-32-15-34(75-6)30(17-40(32)83(62,63)64)49-47-28-12-21(2)38(19-36(28)77-8)81(57,58)23(4)79-86(71,72)73/h9-19,22-23,54H,45H2,1-8H3,(H,59,60,61)(H,62,63,64)(H,65,66,67)(H,68,69,70)(H,71,72,73). The van der Waals surface area contributed by atoms with E-state index in [9.17, 15) is 77.7 Å². The number of ether oxygens (including phenoxy) is 4. The highest BCUT2D eigenvalue weighted by Gasteiger charge is 2.33. The number of nitrogens with two attached hydrogens (primary N) is 1. The number of nitrogen functional groups attached to an aromatic ring is 1. The van der Waals surface area contributed by atoms with Crippen molar-refractivity contribution in [1.29, 1.82) is 0 Å². The van der Waals surface area contributed by atoms with Gasteiger partial charge in [0, 0.05) is 35.0 Å². The molecule has 2 atom stereocenters. The summed E-state index contributed by atoms with van der Waals surface area (Å²) < 4.78 is 253. The van der Waals surface area contributed by atoms with E-state index in [0.717, 1.165) is 90.8 Å². The van der Waals surface area contributed by atoms with Gasteiger partial charge < -0.3 is 29.8 Å². The molecule has 6 aromatic rings. The van der Waals surface area contributed by atoms with Gasteiger partial charge in [-0.05, 0) is 81.3 Å². The van der Waals surface area contributed by atoms with Crippen LogP contribution in [0, 0.1) is 13.8 Å². The number of rotatable bonds is 23. The summed E-state index contributed by atoms with van der Waals surface area (Å²) in [7, 11) is -31.5. The van der Waals surface area contributed by atoms with Crippen LogP contribution in [0.15, 0.2) is 132 Å². The van der Waals surface area contributed by atoms with Crippen molar-refractivity contribution in [3.63, 3.8) is 0 Å². The van der Waals surface area contributed by atoms with Gasteiger partial charge in [-0.3, -0.25) is 22.8 Å². The molecule has 0 aliphatic carbocycles. The van der Waals surface area contributed by atoms with Crippen LogP contribution in [0.4, 0.5) is 51.2 Å². The Morgan fingerprint density at radius 1 is 0.395 bits per heavy atom. The quantitative estimate of drug-likeness (QED) is 0.0181. The average Bonchev–Trinajstić information content (AvgIpc) is 1.03. The van der Waals surface area contributed by atoms with Crippen LogP contribution >= 0.6 is 0 Å². The van der Waals surface area contributed by atoms with Crippen LogP contribution in [0.5, 0.6) is 28.7 Å². The Kier molecular flexibility index (Phi) is 19.4. The van der Waals surface area contributed by atoms with Gasteiger partial charge in [0.25, 0.3) is 30.4 Å². The molecule has 6 aromatic carbocycles. The van der Waals surface area contributed by atoms with Gasteiger partial charge >= 0.3 is 20.8 Å². The number of phenolic OH excluding ortho intramolecular Hbond substituents is 1. The molecule has 0 aliphatic heterocycles. The number of azo groups is 4. The van der Waals surface area contributed by atoms with E-state index < -0.39 is 151 Å². The van der Waals surface area contributed by atoms with Gasteiger partial charge in [-0.1, -0.05) is 0 Å². The molecule has 86 heavy (non-hydrogen) atoms. The van der Waals surface area contributed by atoms with E-state index >= 15 is 0 Å². The van der Waals surface area contributed by atoms with Crippen molar-refractivity contribution in [3.8, 4) is 28.7 Å². The van der Waals surface area contributed by atoms with Crippen LogP contribution in [0.25, 0.3) is 10.8 Å². The molecule has 0 saturated carbocycles. The molecule has 0 fully saturated rings. The lowest BCUT2D eigenvalue weighted by Crippen LogP contribution is -2.25. The smallest absolute Gasteiger partial charge is 0.398 e. The molecule has 464 valence electrons. The zero-order valence-electron chi connectivity index (χ0n) is 44.9. The summed E-state index contributed by atoms with van der Waals surface area (Å²) in [4.78, 5) is -4.40. The van der Waals surface area contributed by atoms with Gasteiger partial charge in [0.2, 0.25) is 19.7 Å². The van der Waals surface area contributed by atoms with E-state index in [1.165, 1.54) is 13.8 Å². The van der Waals surface area contributed by atoms with Gasteiger partial charge in [0.05, 0.1) is 43.9 Å². The SMILES string of the molecule is COc1cc(N=Nc2c(S(=O)(=O)O)cc3c(N=Nc4cc(OC)c(N=Nc5cc(C)c(S(=O)(=O)C(C)OS(=O)(=O)O)cc5OC)cc4S(=O)(=O)O)c(N)ccc3c2O)c(S(=O)(=O)O)cc1N=Nc1cc(C)c(S(=O)(=O)C(C)OS(=O)(=O)O)cc1OC. The third-order valence-electron chi connectivity index (χ3n) is 11.6. The van der Waals surface area contributed by atoms with Crippen molar-refractivity contribution in [1.82, 2.24) is 0 Å². The first-order chi connectivity index (χ1) is 39.6. The number of anilines is 1. The molecule has 2 unspecified atom stereocenters. The Labute approximate surface area is 488 Å². The van der Waals surface area contributed by atoms with Crippen LogP contribution in [0.3, 0.4) is 0 Å². The van der Waals surface area contributed by atoms with E-state index in [1.807, 2.05) is 0 Å². The molecule has 0 amide bonds. The van der Waals surface area contributed by atoms with Crippen LogP contribution in [0.2, 0.25) is 0 Å². The molecule has 42 heteroatoms. The fourth-order valence-electron chi connectivity index (χ4n) is 7.59. The van der Waals surface area contributed by atoms with Crippen molar-refractivity contribution >= 4 is 133 Å². The minimum absolute atomic E-state index is 0.0624. The topological polar surface area (TPSA) is 541 Å². The fourth-order valence-corrected chi connectivity index (χ4v) is 13.9. The van der Waals surface area contributed by atoms with E-state index in [2.05, 4.69) is 49.3 Å². The molecule has 0 spiro atoms. The van der Waals surface area contributed by atoms with Gasteiger partial charge in [-0.25, -0.2) is 25.2 Å². The molecule has 0 saturated heterocycles. The second kappa shape index (κ2) is 24.9. The Morgan fingerprint density at radius 3 is 1.06 bits per heavy atom. The molecule has 0 aromatic heterocycles. The molecule has 6 rings (SSSR count). The Balaban J connectivity index is 1.42. The van der Waals surface area contributed by atoms with Gasteiger partial charge in [-0.2, -0.15) is 42.1 Å². The van der Waals surface area contributed by atoms with Crippen LogP contribution in [-0.4, -0.2) is 126 Å². The summed E-state index contributed by atoms with van der Waals surface area (Å²) in [5, 5.41) is 41.9. The number of benzene rings is 6. The van der Waals surface area contributed by atoms with E-state index in [1.54, 1.807) is 0 Å². The molecule has 8 N–H and O–H groups in total. The number of phenols is 1. The summed E-state index contributed by atoms with van der Waals surface area (Å²) in [6.45, 7) is 4.21. The lowest BCUT2D eigenvalue weighted by atomic mass is 10.1. The van der Waals surface area contributed by atoms with E-state index in [0.29, 0.717) is 18.2 Å². The predicted molar refractivity (Wildman–Crippen MR) is 296 cm³/mol. The molecule has 0 heterocycles. The number of fused-ring (bicyclic) bond motifs is 1. The van der Waals surface area contributed by atoms with Gasteiger partial charge in [0.1, 0.15) is 83.2 Å². The van der Waals surface area contributed by atoms with Crippen LogP contribution in [-0.2, 0) is 79.2 Å². The van der Waals surface area contributed by atoms with Crippen LogP contribution in [0.1, 0.15) is 25.0 Å². The minimum Gasteiger partial charge on any atom is -0.505 e. The van der Waals surface area contributed by atoms with Crippen molar-refractivity contribution in [3.05, 3.63) is 77.9 Å². The summed E-state index contributed by atoms with van der Waals surface area (Å²) in [6.07, 6.45) is 0. The first kappa shape index (κ1) is 67.3. The summed E-state index contributed by atoms with van der Waals surface area (Å²) in [5.41, 5.74) is -2.92. The zero-order chi connectivity index (χ0) is 64.6. The molecular formula is C44H45N9O26S7. The normalized spacial score (nSPS) is 14.0. The number of aryl methyl sites for hydroxylation is 2. The molecule has 0 aliphatic rings. The molecule has 35 nitrogen and oxygen atoms in total. The maximum absolute atomic E-state index is 13.1. The number of hydrogen-bond donors (Lipinski definition) is 7. The van der Waals surface area contributed by atoms with Gasteiger partial charge in [0.15, 0.2) is 16.6 Å². The highest BCUT2D eigenvalue weighted by atomic mass is 32.3. The maximum atomic E-state index is 13.1. The van der Waals surface area contributed by atoms with Gasteiger partial charge in [-0.15, -0.1) is 40.9 Å². The number of aromatic hydroxyl groups is 1. The van der Waals surface area contributed by atoms with E-state index in [4.69, 9.17) is 33.8 Å². The highest BCUT2D eigenvalue weighted by Crippen LogP contribution is 2.48. The largest absolute Gasteiger partial charge is 0.505 e. The monoisotopic (exact) mass is 1340 g/mol. The second-order valence-corrected chi connectivity index (χ2v) is 27.9. The number of nitrogens with zero attached hydrogens (tertiary/aromatic N) is 8. The predicted octanol–water partition coefficient (Wildman–Crippen LogP) is 8.06. The lowest BCUT2D eigenvalue weighted by Gasteiger charge is -2.15. The molecular weight excluding hydrogens is 1290 g/mol. The first-order valence-electron chi connectivity index (χ1n) is 22.9. The average molecular weight is 1340 g/mol. The zero-order valence-corrected chi connectivity index (χ0v) is 50.6. The van der Waals surface area contributed by atoms with Crippen molar-refractivity contribution in [2.75, 3.05) is 34.2 Å². The van der Waals surface area contributed by atoms with Crippen LogP contribution < -0.4 is 24.7 Å². The third kappa shape index (κ3) is 15.0. The Morgan fingerprint density at radius 2 is 0.721 bits per heavy atom. The van der Waals surface area contributed by atoms with Crippen molar-refractivity contribution < 1.29 is 114 Å². The number of sulfone groups is 2. The maximum Gasteiger partial charge on any atom is 0.398 e. The fraction of sp³-hybridized carbons (Fsp3) is 0.227. The van der Waals surface area contributed by atoms with Crippen molar-refractivity contribution in [2.45, 2.75) is 63.0 Å². The van der Waals surface area contributed by atoms with Crippen molar-refractivity contribution in [2.24, 2.45) is 40.9 Å². The minimum atomic E-state index is -5.51. The lowest BCUT2D eigenvalue weighted by molar-refractivity contribution is 0.250. The molecule has 0 bridgehead atoms. The highest BCUT2D eigenvalue weighted by molar-refractivity contribution is 7.93. The number of hydrogen-bond acceptors (Lipinski definition) is 30. The number of methoxy groups -OCH3 is 4. The second-order valence-electron chi connectivity index (χ2n) is 17.2. The summed E-state index contributed by atoms with van der Waals surface area (Å²) >= 11 is 0. The molecule has 0 radical (unpaired) electrons. The Bertz CT molecular complexity index is 4740.